The Balaban J connectivity index is 5.49. The molecule has 19 heteroatoms. The first-order valence-corrected chi connectivity index (χ1v) is 43.4. The summed E-state index contributed by atoms with van der Waals surface area (Å²) in [5.74, 6) is -2.33. The first-order valence-electron chi connectivity index (χ1n) is 40.4. The highest BCUT2D eigenvalue weighted by Gasteiger charge is 2.30. The van der Waals surface area contributed by atoms with Gasteiger partial charge in [0.1, 0.15) is 19.3 Å². The molecule has 0 rings (SSSR count). The summed E-state index contributed by atoms with van der Waals surface area (Å²) in [6, 6.07) is 0. The molecule has 0 aromatic carbocycles. The Morgan fingerprint density at radius 1 is 0.279 bits per heavy atom. The van der Waals surface area contributed by atoms with Gasteiger partial charge in [0.15, 0.2) is 12.2 Å². The summed E-state index contributed by atoms with van der Waals surface area (Å²) in [7, 11) is -10.0. The molecular weight excluding hydrogens is 1350 g/mol. The summed E-state index contributed by atoms with van der Waals surface area (Å²) in [5, 5.41) is 10.6. The van der Waals surface area contributed by atoms with Crippen LogP contribution in [0.5, 0.6) is 0 Å². The molecule has 0 bridgehead atoms. The third kappa shape index (κ3) is 75.4. The second-order valence-corrected chi connectivity index (χ2v) is 29.6. The van der Waals surface area contributed by atoms with Crippen molar-refractivity contribution in [2.45, 2.75) is 341 Å². The number of unbranched alkanes of at least 4 members (excludes halogenated alkanes) is 28. The van der Waals surface area contributed by atoms with E-state index in [9.17, 15) is 43.2 Å². The zero-order valence-corrected chi connectivity index (χ0v) is 66.9. The minimum atomic E-state index is -5.01. The zero-order chi connectivity index (χ0) is 76.0. The van der Waals surface area contributed by atoms with Crippen LogP contribution in [0.3, 0.4) is 0 Å². The molecule has 0 spiro atoms. The van der Waals surface area contributed by atoms with Crippen molar-refractivity contribution in [3.63, 3.8) is 0 Å². The molecule has 0 aromatic heterocycles. The Kier molecular flexibility index (Phi) is 72.9. The number of carbonyl (C=O) groups is 4. The van der Waals surface area contributed by atoms with Crippen LogP contribution >= 0.6 is 15.6 Å². The van der Waals surface area contributed by atoms with Crippen LogP contribution in [-0.4, -0.2) is 96.7 Å². The summed E-state index contributed by atoms with van der Waals surface area (Å²) in [6.07, 6.45) is 85.8. The first-order chi connectivity index (χ1) is 50.7. The van der Waals surface area contributed by atoms with E-state index < -0.39 is 97.5 Å². The van der Waals surface area contributed by atoms with Gasteiger partial charge in [-0.25, -0.2) is 9.13 Å². The summed E-state index contributed by atoms with van der Waals surface area (Å²) < 4.78 is 68.5. The van der Waals surface area contributed by atoms with E-state index in [1.165, 1.54) is 103 Å². The van der Waals surface area contributed by atoms with E-state index in [0.717, 1.165) is 128 Å². The fraction of sp³-hybridized carbons (Fsp3) is 0.694. The number of phosphoric ester groups is 2. The Labute approximate surface area is 631 Å². The van der Waals surface area contributed by atoms with Crippen LogP contribution in [0, 0.1) is 0 Å². The van der Waals surface area contributed by atoms with Crippen LogP contribution in [0.2, 0.25) is 0 Å². The van der Waals surface area contributed by atoms with E-state index in [0.29, 0.717) is 38.5 Å². The average Bonchev–Trinajstić information content (AvgIpc) is 0.926. The zero-order valence-electron chi connectivity index (χ0n) is 65.2. The molecule has 17 nitrogen and oxygen atoms in total. The lowest BCUT2D eigenvalue weighted by Gasteiger charge is -2.21. The molecule has 0 amide bonds. The molecule has 2 unspecified atom stereocenters. The van der Waals surface area contributed by atoms with E-state index in [1.807, 2.05) is 24.3 Å². The van der Waals surface area contributed by atoms with Crippen molar-refractivity contribution >= 4 is 39.5 Å². The summed E-state index contributed by atoms with van der Waals surface area (Å²) in [4.78, 5) is 73.0. The number of aliphatic hydroxyl groups is 1. The molecule has 0 saturated heterocycles. The van der Waals surface area contributed by atoms with Crippen molar-refractivity contribution in [2.24, 2.45) is 0 Å². The molecule has 0 fully saturated rings. The average molecular weight is 1500 g/mol. The molecule has 0 heterocycles. The summed E-state index contributed by atoms with van der Waals surface area (Å²) in [6.45, 7) is 4.65. The topological polar surface area (TPSA) is 237 Å². The van der Waals surface area contributed by atoms with Gasteiger partial charge in [-0.2, -0.15) is 0 Å². The highest BCUT2D eigenvalue weighted by Crippen LogP contribution is 2.45. The Bertz CT molecular complexity index is 2490. The lowest BCUT2D eigenvalue weighted by Crippen LogP contribution is -2.30. The predicted octanol–water partition coefficient (Wildman–Crippen LogP) is 23.7. The van der Waals surface area contributed by atoms with Gasteiger partial charge in [0.2, 0.25) is 0 Å². The maximum Gasteiger partial charge on any atom is 0.472 e. The molecule has 3 N–H and O–H groups in total. The van der Waals surface area contributed by atoms with Crippen molar-refractivity contribution in [3.05, 3.63) is 134 Å². The van der Waals surface area contributed by atoms with E-state index in [4.69, 9.17) is 37.0 Å². The molecular formula is C85H144O17P2. The molecule has 0 aliphatic heterocycles. The number of esters is 4. The van der Waals surface area contributed by atoms with Crippen LogP contribution in [0.15, 0.2) is 134 Å². The van der Waals surface area contributed by atoms with Crippen molar-refractivity contribution < 1.29 is 80.2 Å². The Hall–Kier alpha value is -4.80. The minimum Gasteiger partial charge on any atom is -0.462 e. The molecule has 0 radical (unpaired) electrons. The number of ether oxygens (including phenoxy) is 4. The van der Waals surface area contributed by atoms with Crippen molar-refractivity contribution in [2.75, 3.05) is 39.6 Å². The number of aliphatic hydroxyl groups excluding tert-OH is 1. The minimum absolute atomic E-state index is 0.00395. The smallest absolute Gasteiger partial charge is 0.462 e. The fourth-order valence-electron chi connectivity index (χ4n) is 10.4. The summed E-state index contributed by atoms with van der Waals surface area (Å²) >= 11 is 0. The number of hydrogen-bond donors (Lipinski definition) is 3. The number of allylic oxidation sites excluding steroid dienone is 22. The van der Waals surface area contributed by atoms with Crippen molar-refractivity contribution in [1.29, 1.82) is 0 Å². The maximum atomic E-state index is 13.1. The molecule has 5 atom stereocenters. The van der Waals surface area contributed by atoms with E-state index >= 15 is 0 Å². The van der Waals surface area contributed by atoms with Crippen LogP contribution in [0.4, 0.5) is 0 Å². The first kappa shape index (κ1) is 99.2. The highest BCUT2D eigenvalue weighted by molar-refractivity contribution is 7.47. The van der Waals surface area contributed by atoms with Crippen LogP contribution in [0.1, 0.15) is 323 Å². The lowest BCUT2D eigenvalue weighted by molar-refractivity contribution is -0.161. The Morgan fingerprint density at radius 3 is 0.865 bits per heavy atom. The van der Waals surface area contributed by atoms with Gasteiger partial charge < -0.3 is 33.8 Å². The van der Waals surface area contributed by atoms with Gasteiger partial charge in [0.05, 0.1) is 26.4 Å². The molecule has 0 aliphatic rings. The van der Waals surface area contributed by atoms with Crippen molar-refractivity contribution in [3.8, 4) is 0 Å². The molecule has 0 aromatic rings. The molecule has 596 valence electrons. The Morgan fingerprint density at radius 2 is 0.510 bits per heavy atom. The molecule has 0 aliphatic carbocycles. The number of rotatable bonds is 75. The van der Waals surface area contributed by atoms with Crippen LogP contribution in [0.25, 0.3) is 0 Å². The lowest BCUT2D eigenvalue weighted by atomic mass is 10.1. The van der Waals surface area contributed by atoms with Gasteiger partial charge in [0, 0.05) is 25.7 Å². The fourth-order valence-corrected chi connectivity index (χ4v) is 11.9. The molecule has 0 saturated carbocycles. The van der Waals surface area contributed by atoms with E-state index in [1.54, 1.807) is 0 Å². The molecule has 104 heavy (non-hydrogen) atoms. The van der Waals surface area contributed by atoms with E-state index in [-0.39, 0.29) is 25.7 Å². The summed E-state index contributed by atoms with van der Waals surface area (Å²) in [5.41, 5.74) is 0. The highest BCUT2D eigenvalue weighted by atomic mass is 31.2. The second-order valence-electron chi connectivity index (χ2n) is 26.7. The number of hydrogen-bond acceptors (Lipinski definition) is 15. The largest absolute Gasteiger partial charge is 0.472 e. The third-order valence-corrected chi connectivity index (χ3v) is 18.5. The van der Waals surface area contributed by atoms with Gasteiger partial charge >= 0.3 is 39.5 Å². The van der Waals surface area contributed by atoms with Gasteiger partial charge in [-0.1, -0.05) is 277 Å². The predicted molar refractivity (Wildman–Crippen MR) is 427 cm³/mol. The van der Waals surface area contributed by atoms with E-state index in [2.05, 4.69) is 137 Å². The van der Waals surface area contributed by atoms with Gasteiger partial charge in [0.25, 0.3) is 0 Å². The standard InChI is InChI=1S/C85H144O17P2/c1-5-9-13-17-21-25-29-33-37-39-43-46-50-54-58-62-66-70-83(88)96-76-81(102-85(90)72-68-64-60-56-52-48-44-40-38-34-30-26-22-18-14-10-6-2)78-100-104(93,94)98-74-79(86)73-97-103(91,92)99-77-80(101-84(89)71-67-63-59-55-51-47-42-36-32-28-24-20-16-12-8-4)75-95-82(87)69-65-61-57-53-49-45-41-35-31-27-23-19-15-11-7-3/h21-22,25-27,31,33-38,41-44,46,48,54,56,58,60,79-81,86H,5-20,23-24,28-30,32,39-40,45,47,49-53,55,57,59,61-78H2,1-4H3,(H,91,92)(H,93,94)/b25-21-,26-22-,31-27-,37-33-,38-34-,41-35-,42-36-,46-43-,48-44-,58-54-,60-56-/t79-,80-,81-/m1/s1. The SMILES string of the molecule is CCCCC/C=C\C/C=C\C/C=C\C/C=C\CCCC(=O)OC[C@H](COP(=O)(O)OC[C@H](O)COP(=O)(O)OC[C@@H](COC(=O)CCCCCCC/C=C\C=C/CCCCCC)OC(=O)CCCCCCC/C=C\CCCCCCCC)OC(=O)CCC/C=C\C/C=C\C/C=C\C/C=C\CCCCC. The van der Waals surface area contributed by atoms with Crippen LogP contribution in [-0.2, 0) is 65.4 Å². The third-order valence-electron chi connectivity index (χ3n) is 16.6. The number of carbonyl (C=O) groups excluding carboxylic acids is 4. The van der Waals surface area contributed by atoms with Gasteiger partial charge in [-0.3, -0.25) is 37.3 Å². The van der Waals surface area contributed by atoms with Gasteiger partial charge in [-0.05, 0) is 154 Å². The van der Waals surface area contributed by atoms with Crippen LogP contribution < -0.4 is 0 Å². The van der Waals surface area contributed by atoms with Crippen molar-refractivity contribution in [1.82, 2.24) is 0 Å². The number of phosphoric acid groups is 2. The normalized spacial score (nSPS) is 14.6. The maximum absolute atomic E-state index is 13.1. The monoisotopic (exact) mass is 1500 g/mol. The van der Waals surface area contributed by atoms with Gasteiger partial charge in [-0.15, -0.1) is 0 Å². The second kappa shape index (κ2) is 76.4. The quantitative estimate of drug-likeness (QED) is 0.0128.